The quantitative estimate of drug-likeness (QED) is 0.332. The number of carbonyl (C=O) groups is 1. The maximum absolute atomic E-state index is 12.4. The van der Waals surface area contributed by atoms with Gasteiger partial charge in [0, 0.05) is 26.4 Å². The molecule has 0 fully saturated rings. The number of hydrogen-bond donors (Lipinski definition) is 2. The van der Waals surface area contributed by atoms with Crippen LogP contribution in [0.5, 0.6) is 5.75 Å². The summed E-state index contributed by atoms with van der Waals surface area (Å²) in [5.41, 5.74) is 2.59. The summed E-state index contributed by atoms with van der Waals surface area (Å²) in [7, 11) is 0.126. The molecule has 0 heterocycles. The van der Waals surface area contributed by atoms with E-state index in [1.807, 2.05) is 0 Å². The zero-order valence-corrected chi connectivity index (χ0v) is 18.0. The zero-order valence-electron chi connectivity index (χ0n) is 17.1. The van der Waals surface area contributed by atoms with Crippen molar-refractivity contribution < 1.29 is 28.0 Å². The first-order valence-electron chi connectivity index (χ1n) is 8.70. The molecule has 0 aromatic heterocycles. The summed E-state index contributed by atoms with van der Waals surface area (Å²) in [4.78, 5) is 22.1. The Morgan fingerprint density at radius 2 is 1.94 bits per heavy atom. The molecule has 0 radical (unpaired) electrons. The van der Waals surface area contributed by atoms with E-state index in [-0.39, 0.29) is 33.3 Å². The van der Waals surface area contributed by atoms with Gasteiger partial charge in [-0.25, -0.2) is 17.5 Å². The molecular weight excluding hydrogens is 430 g/mol. The summed E-state index contributed by atoms with van der Waals surface area (Å²) < 4.78 is 30.9. The Morgan fingerprint density at radius 3 is 2.45 bits per heavy atom. The number of sulfonamides is 1. The lowest BCUT2D eigenvalue weighted by Gasteiger charge is -2.24. The molecule has 0 aliphatic rings. The van der Waals surface area contributed by atoms with E-state index < -0.39 is 20.9 Å². The van der Waals surface area contributed by atoms with Crippen molar-refractivity contribution in [3.8, 4) is 5.75 Å². The van der Waals surface area contributed by atoms with Gasteiger partial charge in [0.1, 0.15) is 0 Å². The lowest BCUT2D eigenvalue weighted by molar-refractivity contribution is -0.384. The highest BCUT2D eigenvalue weighted by Crippen LogP contribution is 2.32. The largest absolute Gasteiger partial charge is 0.494 e. The van der Waals surface area contributed by atoms with Crippen molar-refractivity contribution in [2.75, 3.05) is 31.7 Å². The van der Waals surface area contributed by atoms with Crippen molar-refractivity contribution in [2.45, 2.75) is 11.8 Å². The van der Waals surface area contributed by atoms with Crippen LogP contribution in [0.3, 0.4) is 0 Å². The highest BCUT2D eigenvalue weighted by molar-refractivity contribution is 7.89. The summed E-state index contributed by atoms with van der Waals surface area (Å²) in [6.45, 7) is 1.59. The van der Waals surface area contributed by atoms with Crippen molar-refractivity contribution in [1.82, 2.24) is 4.31 Å². The number of anilines is 2. The number of carboxylic acids is 1. The third kappa shape index (κ3) is 5.07. The lowest BCUT2D eigenvalue weighted by Crippen LogP contribution is -2.27. The molecule has 2 aromatic rings. The number of hydrogen-bond acceptors (Lipinski definition) is 9. The van der Waals surface area contributed by atoms with Gasteiger partial charge in [-0.2, -0.15) is 10.2 Å². The zero-order chi connectivity index (χ0) is 23.3. The first-order valence-corrected chi connectivity index (χ1v) is 10.1. The molecule has 0 aliphatic heterocycles. The van der Waals surface area contributed by atoms with Crippen LogP contribution in [0.25, 0.3) is 0 Å². The molecule has 13 heteroatoms. The van der Waals surface area contributed by atoms with E-state index in [2.05, 4.69) is 10.5 Å². The second-order valence-electron chi connectivity index (χ2n) is 6.21. The Kier molecular flexibility index (Phi) is 7.15. The van der Waals surface area contributed by atoms with Crippen LogP contribution in [0.2, 0.25) is 0 Å². The van der Waals surface area contributed by atoms with Crippen molar-refractivity contribution in [1.29, 1.82) is 0 Å². The number of carboxylic acid groups (broad SMARTS) is 1. The fourth-order valence-electron chi connectivity index (χ4n) is 2.51. The number of hydrazine groups is 1. The van der Waals surface area contributed by atoms with E-state index in [4.69, 9.17) is 4.74 Å². The van der Waals surface area contributed by atoms with Gasteiger partial charge < -0.3 is 9.84 Å². The van der Waals surface area contributed by atoms with Gasteiger partial charge in [0.2, 0.25) is 10.0 Å². The number of benzene rings is 2. The number of rotatable bonds is 9. The van der Waals surface area contributed by atoms with E-state index in [1.165, 1.54) is 57.8 Å². The second-order valence-corrected chi connectivity index (χ2v) is 8.36. The number of nitro benzene ring substituents is 1. The predicted octanol–water partition coefficient (Wildman–Crippen LogP) is 2.39. The van der Waals surface area contributed by atoms with Crippen molar-refractivity contribution in [3.63, 3.8) is 0 Å². The van der Waals surface area contributed by atoms with Crippen LogP contribution < -0.4 is 15.3 Å². The molecule has 12 nitrogen and oxygen atoms in total. The van der Waals surface area contributed by atoms with Crippen LogP contribution >= 0.6 is 0 Å². The molecule has 2 rings (SSSR count). The predicted molar refractivity (Wildman–Crippen MR) is 114 cm³/mol. The first kappa shape index (κ1) is 23.6. The Morgan fingerprint density at radius 1 is 1.26 bits per heavy atom. The average Bonchev–Trinajstić information content (AvgIpc) is 2.72. The maximum Gasteiger partial charge on any atom is 0.338 e. The van der Waals surface area contributed by atoms with Gasteiger partial charge in [-0.05, 0) is 31.2 Å². The van der Waals surface area contributed by atoms with Crippen LogP contribution in [-0.2, 0) is 10.0 Å². The van der Waals surface area contributed by atoms with Gasteiger partial charge in [0.05, 0.1) is 39.9 Å². The number of hydrazone groups is 1. The Hall–Kier alpha value is -3.71. The topological polar surface area (TPSA) is 155 Å². The minimum atomic E-state index is -3.86. The normalized spacial score (nSPS) is 11.5. The first-order chi connectivity index (χ1) is 14.5. The number of non-ortho nitro benzene ring substituents is 1. The molecule has 0 saturated carbocycles. The molecule has 0 bridgehead atoms. The Balaban J connectivity index is 2.57. The molecule has 0 saturated heterocycles. The smallest absolute Gasteiger partial charge is 0.338 e. The third-order valence-electron chi connectivity index (χ3n) is 4.06. The van der Waals surface area contributed by atoms with Gasteiger partial charge in [-0.15, -0.1) is 0 Å². The number of nitro groups is 1. The van der Waals surface area contributed by atoms with E-state index in [1.54, 1.807) is 6.92 Å². The van der Waals surface area contributed by atoms with Gasteiger partial charge in [0.15, 0.2) is 5.75 Å². The number of ether oxygens (including phenoxy) is 1. The van der Waals surface area contributed by atoms with E-state index >= 15 is 0 Å². The molecule has 0 amide bonds. The monoisotopic (exact) mass is 451 g/mol. The van der Waals surface area contributed by atoms with Crippen LogP contribution in [0, 0.1) is 10.1 Å². The summed E-state index contributed by atoms with van der Waals surface area (Å²) >= 11 is 0. The number of aromatic carboxylic acids is 1. The van der Waals surface area contributed by atoms with Crippen LogP contribution in [0.1, 0.15) is 17.3 Å². The van der Waals surface area contributed by atoms with Crippen molar-refractivity contribution in [3.05, 3.63) is 52.1 Å². The average molecular weight is 451 g/mol. The molecule has 0 spiro atoms. The fourth-order valence-corrected chi connectivity index (χ4v) is 3.44. The lowest BCUT2D eigenvalue weighted by atomic mass is 10.2. The third-order valence-corrected chi connectivity index (χ3v) is 5.87. The van der Waals surface area contributed by atoms with Gasteiger partial charge in [-0.1, -0.05) is 0 Å². The number of nitrogens with zero attached hydrogens (tertiary/aromatic N) is 4. The van der Waals surface area contributed by atoms with Crippen LogP contribution in [0.4, 0.5) is 17.1 Å². The van der Waals surface area contributed by atoms with Gasteiger partial charge in [0.25, 0.3) is 5.69 Å². The van der Waals surface area contributed by atoms with Crippen molar-refractivity contribution >= 4 is 39.3 Å². The maximum atomic E-state index is 12.4. The standard InChI is InChI=1S/C18H21N5O7S/c1-5-19-22(20-15-8-6-12(23(26)27)10-17(15)30-4)16-9-7-13(11-14(16)18(24)25)31(28,29)21(2)3/h5-11,20H,1-4H3,(H,24,25). The van der Waals surface area contributed by atoms with Crippen molar-refractivity contribution in [2.24, 2.45) is 5.10 Å². The van der Waals surface area contributed by atoms with E-state index in [0.717, 1.165) is 15.5 Å². The minimum absolute atomic E-state index is 0.0312. The number of nitrogens with one attached hydrogen (secondary N) is 1. The molecule has 0 atom stereocenters. The highest BCUT2D eigenvalue weighted by atomic mass is 32.2. The number of methoxy groups -OCH3 is 1. The molecule has 0 unspecified atom stereocenters. The molecule has 2 N–H and O–H groups in total. The Bertz CT molecular complexity index is 1130. The summed E-state index contributed by atoms with van der Waals surface area (Å²) in [6.07, 6.45) is 1.38. The summed E-state index contributed by atoms with van der Waals surface area (Å²) in [6, 6.07) is 7.38. The van der Waals surface area contributed by atoms with Crippen LogP contribution in [-0.4, -0.2) is 56.1 Å². The summed E-state index contributed by atoms with van der Waals surface area (Å²) in [5.74, 6) is -1.26. The van der Waals surface area contributed by atoms with Gasteiger partial charge in [-0.3, -0.25) is 15.5 Å². The fraction of sp³-hybridized carbons (Fsp3) is 0.222. The van der Waals surface area contributed by atoms with Crippen LogP contribution in [0.15, 0.2) is 46.4 Å². The second kappa shape index (κ2) is 9.40. The SMILES string of the molecule is CC=NN(Nc1ccc([N+](=O)[O-])cc1OC)c1ccc(S(=O)(=O)N(C)C)cc1C(=O)O. The molecule has 31 heavy (non-hydrogen) atoms. The molecule has 166 valence electrons. The molecule has 0 aliphatic carbocycles. The van der Waals surface area contributed by atoms with E-state index in [9.17, 15) is 28.4 Å². The molecular formula is C18H21N5O7S. The minimum Gasteiger partial charge on any atom is -0.494 e. The summed E-state index contributed by atoms with van der Waals surface area (Å²) in [5, 5.41) is 25.8. The van der Waals surface area contributed by atoms with Gasteiger partial charge >= 0.3 is 5.97 Å². The van der Waals surface area contributed by atoms with E-state index in [0.29, 0.717) is 0 Å². The highest BCUT2D eigenvalue weighted by Gasteiger charge is 2.24. The molecule has 2 aromatic carbocycles. The Labute approximate surface area is 178 Å².